The summed E-state index contributed by atoms with van der Waals surface area (Å²) in [6.07, 6.45) is -0.596. The number of methoxy groups -OCH3 is 1. The zero-order valence-corrected chi connectivity index (χ0v) is 14.1. The van der Waals surface area contributed by atoms with Gasteiger partial charge in [-0.3, -0.25) is 0 Å². The van der Waals surface area contributed by atoms with E-state index in [0.29, 0.717) is 11.3 Å². The lowest BCUT2D eigenvalue weighted by molar-refractivity contribution is 0.0518. The summed E-state index contributed by atoms with van der Waals surface area (Å²) in [7, 11) is 1.27. The Hall–Kier alpha value is -2.83. The molecule has 2 rings (SSSR count). The van der Waals surface area contributed by atoms with Gasteiger partial charge < -0.3 is 19.2 Å². The molecule has 0 bridgehead atoms. The van der Waals surface area contributed by atoms with Gasteiger partial charge in [0.2, 0.25) is 5.89 Å². The Labute approximate surface area is 140 Å². The number of nitrogens with one attached hydrogen (secondary N) is 1. The van der Waals surface area contributed by atoms with Gasteiger partial charge in [-0.05, 0) is 20.8 Å². The monoisotopic (exact) mass is 332 g/mol. The SMILES string of the molecule is COC(=O)c1nc(CNC(=O)OC(C)(C)C)oc1-c1ccccc1. The molecule has 0 saturated heterocycles. The highest BCUT2D eigenvalue weighted by atomic mass is 16.6. The summed E-state index contributed by atoms with van der Waals surface area (Å²) in [6.45, 7) is 5.29. The van der Waals surface area contributed by atoms with Gasteiger partial charge in [-0.2, -0.15) is 0 Å². The second-order valence-electron chi connectivity index (χ2n) is 6.00. The summed E-state index contributed by atoms with van der Waals surface area (Å²) in [5.41, 5.74) is 0.145. The Morgan fingerprint density at radius 3 is 2.46 bits per heavy atom. The predicted octanol–water partition coefficient (Wildman–Crippen LogP) is 3.15. The van der Waals surface area contributed by atoms with Gasteiger partial charge in [-0.25, -0.2) is 14.6 Å². The molecule has 0 unspecified atom stereocenters. The largest absolute Gasteiger partial charge is 0.464 e. The number of aromatic nitrogens is 1. The summed E-state index contributed by atoms with van der Waals surface area (Å²) in [5.74, 6) is -0.135. The molecule has 0 radical (unpaired) electrons. The zero-order valence-electron chi connectivity index (χ0n) is 14.1. The fraction of sp³-hybridized carbons (Fsp3) is 0.353. The normalized spacial score (nSPS) is 11.0. The van der Waals surface area contributed by atoms with Crippen LogP contribution < -0.4 is 5.32 Å². The van der Waals surface area contributed by atoms with Gasteiger partial charge in [-0.15, -0.1) is 0 Å². The van der Waals surface area contributed by atoms with Gasteiger partial charge in [0, 0.05) is 5.56 Å². The van der Waals surface area contributed by atoms with Crippen LogP contribution in [0.25, 0.3) is 11.3 Å². The molecule has 7 heteroatoms. The Bertz CT molecular complexity index is 716. The molecule has 1 amide bonds. The number of rotatable bonds is 4. The first-order valence-corrected chi connectivity index (χ1v) is 7.40. The van der Waals surface area contributed by atoms with E-state index in [0.717, 1.165) is 0 Å². The van der Waals surface area contributed by atoms with Crippen molar-refractivity contribution in [3.63, 3.8) is 0 Å². The first-order valence-electron chi connectivity index (χ1n) is 7.40. The van der Waals surface area contributed by atoms with Gasteiger partial charge in [0.25, 0.3) is 0 Å². The molecule has 0 fully saturated rings. The third-order valence-electron chi connectivity index (χ3n) is 2.87. The molecule has 0 aliphatic heterocycles. The van der Waals surface area contributed by atoms with Crippen molar-refractivity contribution in [2.45, 2.75) is 32.9 Å². The Morgan fingerprint density at radius 2 is 1.88 bits per heavy atom. The van der Waals surface area contributed by atoms with E-state index in [2.05, 4.69) is 10.3 Å². The minimum absolute atomic E-state index is 0.00819. The van der Waals surface area contributed by atoms with E-state index >= 15 is 0 Å². The molecule has 1 aromatic carbocycles. The average molecular weight is 332 g/mol. The molecular formula is C17H20N2O5. The number of carbonyl (C=O) groups excluding carboxylic acids is 2. The van der Waals surface area contributed by atoms with Crippen molar-refractivity contribution in [1.29, 1.82) is 0 Å². The minimum Gasteiger partial charge on any atom is -0.464 e. The van der Waals surface area contributed by atoms with Crippen molar-refractivity contribution >= 4 is 12.1 Å². The number of alkyl carbamates (subject to hydrolysis) is 1. The van der Waals surface area contributed by atoms with Crippen molar-refractivity contribution in [2.24, 2.45) is 0 Å². The van der Waals surface area contributed by atoms with Crippen LogP contribution in [0.3, 0.4) is 0 Å². The molecule has 0 aliphatic rings. The number of carbonyl (C=O) groups is 2. The molecule has 128 valence electrons. The van der Waals surface area contributed by atoms with E-state index < -0.39 is 17.7 Å². The molecule has 24 heavy (non-hydrogen) atoms. The van der Waals surface area contributed by atoms with Crippen molar-refractivity contribution in [2.75, 3.05) is 7.11 Å². The van der Waals surface area contributed by atoms with Crippen LogP contribution in [0, 0.1) is 0 Å². The fourth-order valence-electron chi connectivity index (χ4n) is 1.92. The summed E-state index contributed by atoms with van der Waals surface area (Å²) in [4.78, 5) is 27.7. The van der Waals surface area contributed by atoms with Gasteiger partial charge in [0.05, 0.1) is 13.7 Å². The molecule has 0 aliphatic carbocycles. The van der Waals surface area contributed by atoms with Crippen molar-refractivity contribution in [1.82, 2.24) is 10.3 Å². The molecule has 0 saturated carbocycles. The maximum absolute atomic E-state index is 11.9. The fourth-order valence-corrected chi connectivity index (χ4v) is 1.92. The van der Waals surface area contributed by atoms with E-state index in [4.69, 9.17) is 13.9 Å². The maximum atomic E-state index is 11.9. The van der Waals surface area contributed by atoms with Crippen LogP contribution in [0.5, 0.6) is 0 Å². The number of amides is 1. The van der Waals surface area contributed by atoms with Gasteiger partial charge in [0.15, 0.2) is 11.5 Å². The van der Waals surface area contributed by atoms with Gasteiger partial charge >= 0.3 is 12.1 Å². The molecular weight excluding hydrogens is 312 g/mol. The lowest BCUT2D eigenvalue weighted by Gasteiger charge is -2.19. The molecule has 1 N–H and O–H groups in total. The van der Waals surface area contributed by atoms with Crippen LogP contribution in [0.1, 0.15) is 37.2 Å². The van der Waals surface area contributed by atoms with Gasteiger partial charge in [-0.1, -0.05) is 30.3 Å². The van der Waals surface area contributed by atoms with Crippen LogP contribution in [0.15, 0.2) is 34.7 Å². The van der Waals surface area contributed by atoms with Crippen LogP contribution >= 0.6 is 0 Å². The molecule has 7 nitrogen and oxygen atoms in total. The molecule has 0 atom stereocenters. The van der Waals surface area contributed by atoms with Crippen LogP contribution in [-0.2, 0) is 16.0 Å². The summed E-state index contributed by atoms with van der Waals surface area (Å²) in [6, 6.07) is 9.06. The first-order chi connectivity index (χ1) is 11.3. The minimum atomic E-state index is -0.610. The van der Waals surface area contributed by atoms with Crippen molar-refractivity contribution in [3.05, 3.63) is 41.9 Å². The zero-order chi connectivity index (χ0) is 17.7. The summed E-state index contributed by atoms with van der Waals surface area (Å²) >= 11 is 0. The van der Waals surface area contributed by atoms with E-state index in [1.165, 1.54) is 7.11 Å². The highest BCUT2D eigenvalue weighted by molar-refractivity contribution is 5.93. The predicted molar refractivity (Wildman–Crippen MR) is 86.4 cm³/mol. The number of nitrogens with zero attached hydrogens (tertiary/aromatic N) is 1. The second-order valence-corrected chi connectivity index (χ2v) is 6.00. The highest BCUT2D eigenvalue weighted by Crippen LogP contribution is 2.25. The van der Waals surface area contributed by atoms with Crippen LogP contribution in [-0.4, -0.2) is 29.8 Å². The van der Waals surface area contributed by atoms with Crippen molar-refractivity contribution in [3.8, 4) is 11.3 Å². The third kappa shape index (κ3) is 4.58. The lowest BCUT2D eigenvalue weighted by Crippen LogP contribution is -2.32. The maximum Gasteiger partial charge on any atom is 0.408 e. The van der Waals surface area contributed by atoms with Crippen LogP contribution in [0.4, 0.5) is 4.79 Å². The number of benzene rings is 1. The quantitative estimate of drug-likeness (QED) is 0.865. The summed E-state index contributed by atoms with van der Waals surface area (Å²) < 4.78 is 15.5. The third-order valence-corrected chi connectivity index (χ3v) is 2.87. The van der Waals surface area contributed by atoms with Crippen LogP contribution in [0.2, 0.25) is 0 Å². The number of hydrogen-bond donors (Lipinski definition) is 1. The Kier molecular flexibility index (Phi) is 5.23. The Balaban J connectivity index is 2.19. The van der Waals surface area contributed by atoms with Gasteiger partial charge in [0.1, 0.15) is 5.60 Å². The second kappa shape index (κ2) is 7.16. The average Bonchev–Trinajstić information content (AvgIpc) is 2.96. The Morgan fingerprint density at radius 1 is 1.21 bits per heavy atom. The standard InChI is InChI=1S/C17H20N2O5/c1-17(2,3)24-16(21)18-10-12-19-13(15(20)22-4)14(23-12)11-8-6-5-7-9-11/h5-9H,10H2,1-4H3,(H,18,21). The topological polar surface area (TPSA) is 90.7 Å². The van der Waals surface area contributed by atoms with E-state index in [1.807, 2.05) is 18.2 Å². The number of esters is 1. The molecule has 2 aromatic rings. The molecule has 1 aromatic heterocycles. The highest BCUT2D eigenvalue weighted by Gasteiger charge is 2.23. The van der Waals surface area contributed by atoms with Crippen molar-refractivity contribution < 1.29 is 23.5 Å². The molecule has 1 heterocycles. The van der Waals surface area contributed by atoms with E-state index in [-0.39, 0.29) is 18.1 Å². The number of ether oxygens (including phenoxy) is 2. The summed E-state index contributed by atoms with van der Waals surface area (Å²) in [5, 5.41) is 2.53. The number of hydrogen-bond acceptors (Lipinski definition) is 6. The molecule has 0 spiro atoms. The smallest absolute Gasteiger partial charge is 0.408 e. The van der Waals surface area contributed by atoms with E-state index in [1.54, 1.807) is 32.9 Å². The lowest BCUT2D eigenvalue weighted by atomic mass is 10.1. The number of oxazole rings is 1. The van der Waals surface area contributed by atoms with E-state index in [9.17, 15) is 9.59 Å². The first kappa shape index (κ1) is 17.5.